The van der Waals surface area contributed by atoms with Crippen LogP contribution in [0.4, 0.5) is 0 Å². The summed E-state index contributed by atoms with van der Waals surface area (Å²) in [4.78, 5) is 0. The van der Waals surface area contributed by atoms with Gasteiger partial charge in [-0.25, -0.2) is 0 Å². The van der Waals surface area contributed by atoms with E-state index in [0.29, 0.717) is 5.92 Å². The van der Waals surface area contributed by atoms with Gasteiger partial charge in [-0.15, -0.1) is 0 Å². The van der Waals surface area contributed by atoms with Gasteiger partial charge in [-0.05, 0) is 25.8 Å². The maximum Gasteiger partial charge on any atom is 0.0669 e. The minimum atomic E-state index is -0.425. The van der Waals surface area contributed by atoms with Gasteiger partial charge in [0.05, 0.1) is 5.60 Å². The molecule has 1 heterocycles. The van der Waals surface area contributed by atoms with E-state index in [4.69, 9.17) is 0 Å². The standard InChI is InChI=1S/C7H15NO/c1-6-5-8-4-3-7(6,2)9/h6,8-9H,3-5H2,1-2H3/t6-,7-/m0/s1. The van der Waals surface area contributed by atoms with E-state index in [2.05, 4.69) is 12.2 Å². The molecule has 1 fully saturated rings. The molecule has 2 atom stereocenters. The number of nitrogens with one attached hydrogen (secondary N) is 1. The molecule has 0 saturated carbocycles. The van der Waals surface area contributed by atoms with E-state index >= 15 is 0 Å². The summed E-state index contributed by atoms with van der Waals surface area (Å²) in [5, 5.41) is 12.8. The lowest BCUT2D eigenvalue weighted by Crippen LogP contribution is -2.46. The van der Waals surface area contributed by atoms with Crippen molar-refractivity contribution in [3.05, 3.63) is 0 Å². The average Bonchev–Trinajstić information content (AvgIpc) is 1.77. The molecule has 2 nitrogen and oxygen atoms in total. The zero-order valence-corrected chi connectivity index (χ0v) is 6.15. The molecule has 0 spiro atoms. The van der Waals surface area contributed by atoms with Crippen molar-refractivity contribution >= 4 is 0 Å². The maximum absolute atomic E-state index is 9.60. The molecule has 1 aliphatic heterocycles. The highest BCUT2D eigenvalue weighted by Crippen LogP contribution is 2.22. The highest BCUT2D eigenvalue weighted by atomic mass is 16.3. The Hall–Kier alpha value is -0.0800. The summed E-state index contributed by atoms with van der Waals surface area (Å²) in [7, 11) is 0. The second kappa shape index (κ2) is 2.27. The van der Waals surface area contributed by atoms with Crippen molar-refractivity contribution in [3.63, 3.8) is 0 Å². The molecule has 0 bridgehead atoms. The predicted octanol–water partition coefficient (Wildman–Crippen LogP) is 0.367. The van der Waals surface area contributed by atoms with Crippen LogP contribution in [0, 0.1) is 5.92 Å². The molecule has 9 heavy (non-hydrogen) atoms. The Labute approximate surface area is 56.3 Å². The van der Waals surface area contributed by atoms with Crippen molar-refractivity contribution in [1.29, 1.82) is 0 Å². The molecule has 0 aliphatic carbocycles. The zero-order valence-electron chi connectivity index (χ0n) is 6.15. The molecule has 2 heteroatoms. The highest BCUT2D eigenvalue weighted by molar-refractivity contribution is 4.85. The van der Waals surface area contributed by atoms with E-state index in [9.17, 15) is 5.11 Å². The third-order valence-electron chi connectivity index (χ3n) is 2.32. The van der Waals surface area contributed by atoms with E-state index in [1.807, 2.05) is 6.92 Å². The Balaban J connectivity index is 2.49. The number of aliphatic hydroxyl groups is 1. The molecule has 0 aromatic rings. The van der Waals surface area contributed by atoms with Crippen molar-refractivity contribution in [2.75, 3.05) is 13.1 Å². The predicted molar refractivity (Wildman–Crippen MR) is 37.3 cm³/mol. The van der Waals surface area contributed by atoms with Crippen LogP contribution in [-0.2, 0) is 0 Å². The van der Waals surface area contributed by atoms with Crippen molar-refractivity contribution in [3.8, 4) is 0 Å². The largest absolute Gasteiger partial charge is 0.390 e. The van der Waals surface area contributed by atoms with Gasteiger partial charge in [0, 0.05) is 6.54 Å². The van der Waals surface area contributed by atoms with E-state index in [1.165, 1.54) is 0 Å². The zero-order chi connectivity index (χ0) is 6.91. The van der Waals surface area contributed by atoms with Crippen LogP contribution in [0.25, 0.3) is 0 Å². The third kappa shape index (κ3) is 1.43. The normalized spacial score (nSPS) is 45.0. The number of piperidine rings is 1. The average molecular weight is 129 g/mol. The van der Waals surface area contributed by atoms with Crippen molar-refractivity contribution in [2.24, 2.45) is 5.92 Å². The molecular weight excluding hydrogens is 114 g/mol. The summed E-state index contributed by atoms with van der Waals surface area (Å²) in [5.41, 5.74) is -0.425. The van der Waals surface area contributed by atoms with Crippen LogP contribution in [0.2, 0.25) is 0 Å². The number of rotatable bonds is 0. The van der Waals surface area contributed by atoms with Gasteiger partial charge in [-0.1, -0.05) is 6.92 Å². The van der Waals surface area contributed by atoms with Crippen LogP contribution < -0.4 is 5.32 Å². The first-order valence-corrected chi connectivity index (χ1v) is 3.56. The fraction of sp³-hybridized carbons (Fsp3) is 1.00. The highest BCUT2D eigenvalue weighted by Gasteiger charge is 2.30. The Kier molecular flexibility index (Phi) is 1.78. The smallest absolute Gasteiger partial charge is 0.0669 e. The molecule has 0 amide bonds. The Morgan fingerprint density at radius 1 is 1.67 bits per heavy atom. The first-order chi connectivity index (χ1) is 4.13. The molecule has 1 aliphatic rings. The molecule has 54 valence electrons. The minimum absolute atomic E-state index is 0.395. The van der Waals surface area contributed by atoms with E-state index in [-0.39, 0.29) is 0 Å². The van der Waals surface area contributed by atoms with Crippen LogP contribution in [0.3, 0.4) is 0 Å². The quantitative estimate of drug-likeness (QED) is 0.495. The summed E-state index contributed by atoms with van der Waals surface area (Å²) in [5.74, 6) is 0.395. The summed E-state index contributed by atoms with van der Waals surface area (Å²) in [6.45, 7) is 5.90. The molecule has 0 aromatic heterocycles. The maximum atomic E-state index is 9.60. The summed E-state index contributed by atoms with van der Waals surface area (Å²) in [6, 6.07) is 0. The van der Waals surface area contributed by atoms with Crippen LogP contribution in [0.5, 0.6) is 0 Å². The Morgan fingerprint density at radius 3 is 2.67 bits per heavy atom. The summed E-state index contributed by atoms with van der Waals surface area (Å²) >= 11 is 0. The van der Waals surface area contributed by atoms with Gasteiger partial charge in [0.1, 0.15) is 0 Å². The van der Waals surface area contributed by atoms with Crippen LogP contribution in [0.1, 0.15) is 20.3 Å². The molecule has 0 unspecified atom stereocenters. The van der Waals surface area contributed by atoms with Crippen LogP contribution >= 0.6 is 0 Å². The van der Waals surface area contributed by atoms with Gasteiger partial charge in [0.15, 0.2) is 0 Å². The second-order valence-electron chi connectivity index (χ2n) is 3.21. The van der Waals surface area contributed by atoms with Gasteiger partial charge in [0.2, 0.25) is 0 Å². The molecular formula is C7H15NO. The molecule has 0 radical (unpaired) electrons. The van der Waals surface area contributed by atoms with E-state index < -0.39 is 5.60 Å². The lowest BCUT2D eigenvalue weighted by Gasteiger charge is -2.35. The molecule has 1 saturated heterocycles. The Morgan fingerprint density at radius 2 is 2.33 bits per heavy atom. The fourth-order valence-electron chi connectivity index (χ4n) is 1.13. The summed E-state index contributed by atoms with van der Waals surface area (Å²) in [6.07, 6.45) is 0.883. The van der Waals surface area contributed by atoms with Crippen molar-refractivity contribution in [1.82, 2.24) is 5.32 Å². The van der Waals surface area contributed by atoms with E-state index in [1.54, 1.807) is 0 Å². The fourth-order valence-corrected chi connectivity index (χ4v) is 1.13. The molecule has 2 N–H and O–H groups in total. The first-order valence-electron chi connectivity index (χ1n) is 3.56. The second-order valence-corrected chi connectivity index (χ2v) is 3.21. The van der Waals surface area contributed by atoms with E-state index in [0.717, 1.165) is 19.5 Å². The molecule has 1 rings (SSSR count). The van der Waals surface area contributed by atoms with Gasteiger partial charge in [-0.2, -0.15) is 0 Å². The van der Waals surface area contributed by atoms with Gasteiger partial charge in [0.25, 0.3) is 0 Å². The van der Waals surface area contributed by atoms with Crippen molar-refractivity contribution < 1.29 is 5.11 Å². The lowest BCUT2D eigenvalue weighted by molar-refractivity contribution is -0.0160. The van der Waals surface area contributed by atoms with Crippen LogP contribution in [-0.4, -0.2) is 23.8 Å². The summed E-state index contributed by atoms with van der Waals surface area (Å²) < 4.78 is 0. The Bertz CT molecular complexity index is 101. The topological polar surface area (TPSA) is 32.3 Å². The third-order valence-corrected chi connectivity index (χ3v) is 2.32. The first kappa shape index (κ1) is 7.03. The monoisotopic (exact) mass is 129 g/mol. The minimum Gasteiger partial charge on any atom is -0.390 e. The van der Waals surface area contributed by atoms with Gasteiger partial charge in [-0.3, -0.25) is 0 Å². The molecule has 0 aromatic carbocycles. The van der Waals surface area contributed by atoms with Crippen LogP contribution in [0.15, 0.2) is 0 Å². The number of hydrogen-bond donors (Lipinski definition) is 2. The van der Waals surface area contributed by atoms with Gasteiger partial charge < -0.3 is 10.4 Å². The van der Waals surface area contributed by atoms with Gasteiger partial charge >= 0.3 is 0 Å². The number of hydrogen-bond acceptors (Lipinski definition) is 2. The lowest BCUT2D eigenvalue weighted by atomic mass is 9.85. The van der Waals surface area contributed by atoms with Crippen molar-refractivity contribution in [2.45, 2.75) is 25.9 Å². The SMILES string of the molecule is C[C@H]1CNCC[C@]1(C)O.